The summed E-state index contributed by atoms with van der Waals surface area (Å²) in [6, 6.07) is 15.5. The van der Waals surface area contributed by atoms with E-state index >= 15 is 0 Å². The van der Waals surface area contributed by atoms with Gasteiger partial charge in [-0.3, -0.25) is 4.79 Å². The van der Waals surface area contributed by atoms with E-state index in [9.17, 15) is 4.79 Å². The molecule has 25 heavy (non-hydrogen) atoms. The molecule has 1 N–H and O–H groups in total. The van der Waals surface area contributed by atoms with Gasteiger partial charge in [-0.25, -0.2) is 0 Å². The number of aryl methyl sites for hydroxylation is 1. The van der Waals surface area contributed by atoms with Gasteiger partial charge in [0, 0.05) is 11.4 Å². The number of rotatable bonds is 10. The molecular formula is C20H25NO3S. The molecule has 0 fully saturated rings. The van der Waals surface area contributed by atoms with Gasteiger partial charge in [0.2, 0.25) is 5.91 Å². The van der Waals surface area contributed by atoms with Crippen molar-refractivity contribution in [1.82, 2.24) is 0 Å². The van der Waals surface area contributed by atoms with Crippen LogP contribution in [-0.2, 0) is 11.2 Å². The predicted molar refractivity (Wildman–Crippen MR) is 105 cm³/mol. The van der Waals surface area contributed by atoms with E-state index in [2.05, 4.69) is 12.2 Å². The van der Waals surface area contributed by atoms with Crippen LogP contribution in [-0.4, -0.2) is 30.6 Å². The first-order valence-corrected chi connectivity index (χ1v) is 9.69. The number of ether oxygens (including phenoxy) is 2. The van der Waals surface area contributed by atoms with Gasteiger partial charge >= 0.3 is 0 Å². The molecule has 134 valence electrons. The zero-order valence-electron chi connectivity index (χ0n) is 14.8. The van der Waals surface area contributed by atoms with Crippen LogP contribution in [0.4, 0.5) is 5.69 Å². The van der Waals surface area contributed by atoms with Crippen LogP contribution in [0.1, 0.15) is 19.4 Å². The minimum atomic E-state index is 0.00955. The molecule has 0 heterocycles. The summed E-state index contributed by atoms with van der Waals surface area (Å²) in [4.78, 5) is 11.9. The Morgan fingerprint density at radius 2 is 1.60 bits per heavy atom. The summed E-state index contributed by atoms with van der Waals surface area (Å²) >= 11 is 1.56. The van der Waals surface area contributed by atoms with Gasteiger partial charge < -0.3 is 14.8 Å². The standard InChI is InChI=1S/C20H25NO3S/c1-3-16-5-7-17(8-6-16)21-20(22)15-25-14-13-24-19-11-9-18(10-12-19)23-4-2/h5-12H,3-4,13-15H2,1-2H3,(H,21,22). The Labute approximate surface area is 153 Å². The number of benzene rings is 2. The van der Waals surface area contributed by atoms with Crippen molar-refractivity contribution in [1.29, 1.82) is 0 Å². The second kappa shape index (κ2) is 10.7. The Morgan fingerprint density at radius 3 is 2.20 bits per heavy atom. The van der Waals surface area contributed by atoms with Gasteiger partial charge in [0.15, 0.2) is 0 Å². The van der Waals surface area contributed by atoms with Gasteiger partial charge in [-0.15, -0.1) is 11.8 Å². The average molecular weight is 359 g/mol. The first-order valence-electron chi connectivity index (χ1n) is 8.53. The molecular weight excluding hydrogens is 334 g/mol. The van der Waals surface area contributed by atoms with Crippen LogP contribution in [0.2, 0.25) is 0 Å². The Hall–Kier alpha value is -2.14. The van der Waals surface area contributed by atoms with Gasteiger partial charge in [-0.1, -0.05) is 19.1 Å². The highest BCUT2D eigenvalue weighted by Crippen LogP contribution is 2.18. The predicted octanol–water partition coefficient (Wildman–Crippen LogP) is 4.40. The van der Waals surface area contributed by atoms with E-state index in [0.29, 0.717) is 19.0 Å². The molecule has 0 unspecified atom stereocenters. The Bertz CT molecular complexity index is 641. The van der Waals surface area contributed by atoms with Gasteiger partial charge in [-0.05, 0) is 55.3 Å². The van der Waals surface area contributed by atoms with E-state index in [1.807, 2.05) is 55.5 Å². The lowest BCUT2D eigenvalue weighted by Gasteiger charge is -2.08. The van der Waals surface area contributed by atoms with Crippen molar-refractivity contribution in [2.45, 2.75) is 20.3 Å². The second-order valence-corrected chi connectivity index (χ2v) is 6.51. The zero-order chi connectivity index (χ0) is 17.9. The molecule has 0 saturated heterocycles. The molecule has 1 amide bonds. The Kier molecular flexibility index (Phi) is 8.19. The minimum Gasteiger partial charge on any atom is -0.494 e. The molecule has 0 spiro atoms. The van der Waals surface area contributed by atoms with Crippen molar-refractivity contribution in [3.8, 4) is 11.5 Å². The van der Waals surface area contributed by atoms with Crippen molar-refractivity contribution in [3.05, 3.63) is 54.1 Å². The van der Waals surface area contributed by atoms with E-state index in [1.165, 1.54) is 5.56 Å². The van der Waals surface area contributed by atoms with Crippen LogP contribution in [0.15, 0.2) is 48.5 Å². The lowest BCUT2D eigenvalue weighted by atomic mass is 10.1. The highest BCUT2D eigenvalue weighted by molar-refractivity contribution is 7.99. The molecule has 0 aliphatic heterocycles. The summed E-state index contributed by atoms with van der Waals surface area (Å²) in [7, 11) is 0. The topological polar surface area (TPSA) is 47.6 Å². The Morgan fingerprint density at radius 1 is 0.960 bits per heavy atom. The summed E-state index contributed by atoms with van der Waals surface area (Å²) in [5.74, 6) is 2.84. The third-order valence-corrected chi connectivity index (χ3v) is 4.43. The number of nitrogens with one attached hydrogen (secondary N) is 1. The fourth-order valence-corrected chi connectivity index (χ4v) is 2.81. The molecule has 0 radical (unpaired) electrons. The maximum atomic E-state index is 11.9. The normalized spacial score (nSPS) is 10.3. The van der Waals surface area contributed by atoms with Crippen molar-refractivity contribution in [3.63, 3.8) is 0 Å². The number of carbonyl (C=O) groups is 1. The zero-order valence-corrected chi connectivity index (χ0v) is 15.6. The van der Waals surface area contributed by atoms with E-state index in [4.69, 9.17) is 9.47 Å². The molecule has 0 atom stereocenters. The van der Waals surface area contributed by atoms with Crippen molar-refractivity contribution in [2.75, 3.05) is 30.0 Å². The maximum absolute atomic E-state index is 11.9. The fraction of sp³-hybridized carbons (Fsp3) is 0.350. The van der Waals surface area contributed by atoms with Gasteiger partial charge in [0.1, 0.15) is 11.5 Å². The van der Waals surface area contributed by atoms with E-state index < -0.39 is 0 Å². The molecule has 0 aliphatic carbocycles. The molecule has 2 aromatic rings. The SMILES string of the molecule is CCOc1ccc(OCCSCC(=O)Nc2ccc(CC)cc2)cc1. The third-order valence-electron chi connectivity index (χ3n) is 3.51. The Balaban J connectivity index is 1.60. The lowest BCUT2D eigenvalue weighted by molar-refractivity contribution is -0.113. The number of amides is 1. The summed E-state index contributed by atoms with van der Waals surface area (Å²) in [5, 5.41) is 2.91. The summed E-state index contributed by atoms with van der Waals surface area (Å²) in [6.07, 6.45) is 0.998. The van der Waals surface area contributed by atoms with Crippen LogP contribution in [0, 0.1) is 0 Å². The second-order valence-electron chi connectivity index (χ2n) is 5.40. The van der Waals surface area contributed by atoms with E-state index in [1.54, 1.807) is 11.8 Å². The number of anilines is 1. The fourth-order valence-electron chi connectivity index (χ4n) is 2.20. The van der Waals surface area contributed by atoms with Crippen molar-refractivity contribution >= 4 is 23.4 Å². The van der Waals surface area contributed by atoms with Gasteiger partial charge in [0.25, 0.3) is 0 Å². The van der Waals surface area contributed by atoms with Crippen molar-refractivity contribution in [2.24, 2.45) is 0 Å². The van der Waals surface area contributed by atoms with E-state index in [-0.39, 0.29) is 5.91 Å². The monoisotopic (exact) mass is 359 g/mol. The number of thioether (sulfide) groups is 1. The summed E-state index contributed by atoms with van der Waals surface area (Å²) < 4.78 is 11.0. The third kappa shape index (κ3) is 7.10. The molecule has 5 heteroatoms. The molecule has 0 bridgehead atoms. The molecule has 0 aliphatic rings. The largest absolute Gasteiger partial charge is 0.494 e. The number of hydrogen-bond donors (Lipinski definition) is 1. The first-order chi connectivity index (χ1) is 12.2. The van der Waals surface area contributed by atoms with Crippen molar-refractivity contribution < 1.29 is 14.3 Å². The quantitative estimate of drug-likeness (QED) is 0.639. The molecule has 2 aromatic carbocycles. The van der Waals surface area contributed by atoms with Crippen LogP contribution >= 0.6 is 11.8 Å². The lowest BCUT2D eigenvalue weighted by Crippen LogP contribution is -2.15. The molecule has 0 aromatic heterocycles. The summed E-state index contributed by atoms with van der Waals surface area (Å²) in [5.41, 5.74) is 2.10. The highest BCUT2D eigenvalue weighted by atomic mass is 32.2. The van der Waals surface area contributed by atoms with Crippen LogP contribution < -0.4 is 14.8 Å². The molecule has 0 saturated carbocycles. The molecule has 2 rings (SSSR count). The number of hydrogen-bond acceptors (Lipinski definition) is 4. The van der Waals surface area contributed by atoms with Gasteiger partial charge in [-0.2, -0.15) is 0 Å². The average Bonchev–Trinajstić information content (AvgIpc) is 2.64. The highest BCUT2D eigenvalue weighted by Gasteiger charge is 2.03. The summed E-state index contributed by atoms with van der Waals surface area (Å²) in [6.45, 7) is 5.29. The minimum absolute atomic E-state index is 0.00955. The first kappa shape index (κ1) is 19.2. The maximum Gasteiger partial charge on any atom is 0.234 e. The number of carbonyl (C=O) groups excluding carboxylic acids is 1. The van der Waals surface area contributed by atoms with Crippen LogP contribution in [0.3, 0.4) is 0 Å². The molecule has 4 nitrogen and oxygen atoms in total. The smallest absolute Gasteiger partial charge is 0.234 e. The van der Waals surface area contributed by atoms with Crippen LogP contribution in [0.5, 0.6) is 11.5 Å². The van der Waals surface area contributed by atoms with E-state index in [0.717, 1.165) is 29.4 Å². The van der Waals surface area contributed by atoms with Crippen LogP contribution in [0.25, 0.3) is 0 Å². The van der Waals surface area contributed by atoms with Gasteiger partial charge in [0.05, 0.1) is 19.0 Å².